The van der Waals surface area contributed by atoms with Crippen LogP contribution in [0.5, 0.6) is 0 Å². The predicted octanol–water partition coefficient (Wildman–Crippen LogP) is 3.09. The lowest BCUT2D eigenvalue weighted by atomic mass is 9.91. The largest absolute Gasteiger partial charge is 0.444 e. The molecule has 0 aromatic heterocycles. The van der Waals surface area contributed by atoms with E-state index in [0.717, 1.165) is 17.1 Å². The maximum absolute atomic E-state index is 12.8. The molecule has 0 aliphatic carbocycles. The van der Waals surface area contributed by atoms with E-state index in [2.05, 4.69) is 10.6 Å². The third-order valence-corrected chi connectivity index (χ3v) is 4.80. The first kappa shape index (κ1) is 18.6. The van der Waals surface area contributed by atoms with Crippen molar-refractivity contribution in [1.82, 2.24) is 10.6 Å². The van der Waals surface area contributed by atoms with Crippen molar-refractivity contribution in [3.8, 4) is 0 Å². The minimum absolute atomic E-state index is 0.141. The Morgan fingerprint density at radius 1 is 1.17 bits per heavy atom. The van der Waals surface area contributed by atoms with E-state index in [1.165, 1.54) is 0 Å². The standard InChI is InChI=1S/C18H26N2O3S/c1-17(2,3)23-16(22)20-18(9-11-24-12-10-18)15(21)19-13-14-7-5-4-6-8-14/h4-8H,9-13H2,1-3H3,(H,19,21)(H,20,22). The van der Waals surface area contributed by atoms with Crippen LogP contribution in [0.3, 0.4) is 0 Å². The van der Waals surface area contributed by atoms with Crippen molar-refractivity contribution >= 4 is 23.8 Å². The predicted molar refractivity (Wildman–Crippen MR) is 96.9 cm³/mol. The Morgan fingerprint density at radius 3 is 2.38 bits per heavy atom. The van der Waals surface area contributed by atoms with E-state index in [4.69, 9.17) is 4.74 Å². The van der Waals surface area contributed by atoms with Crippen LogP contribution in [0, 0.1) is 0 Å². The Bertz CT molecular complexity index is 563. The summed E-state index contributed by atoms with van der Waals surface area (Å²) >= 11 is 1.80. The number of ether oxygens (including phenoxy) is 1. The average molecular weight is 350 g/mol. The van der Waals surface area contributed by atoms with Crippen LogP contribution in [0.25, 0.3) is 0 Å². The summed E-state index contributed by atoms with van der Waals surface area (Å²) in [7, 11) is 0. The number of carbonyl (C=O) groups is 2. The van der Waals surface area contributed by atoms with E-state index >= 15 is 0 Å². The second kappa shape index (κ2) is 7.92. The first-order chi connectivity index (χ1) is 11.3. The smallest absolute Gasteiger partial charge is 0.408 e. The monoisotopic (exact) mass is 350 g/mol. The van der Waals surface area contributed by atoms with Gasteiger partial charge in [0, 0.05) is 6.54 Å². The van der Waals surface area contributed by atoms with Gasteiger partial charge in [-0.2, -0.15) is 11.8 Å². The summed E-state index contributed by atoms with van der Waals surface area (Å²) < 4.78 is 5.34. The minimum atomic E-state index is -0.887. The fourth-order valence-corrected chi connectivity index (χ4v) is 3.76. The van der Waals surface area contributed by atoms with Crippen LogP contribution < -0.4 is 10.6 Å². The van der Waals surface area contributed by atoms with E-state index in [0.29, 0.717) is 19.4 Å². The molecule has 1 heterocycles. The molecule has 1 aliphatic rings. The van der Waals surface area contributed by atoms with Gasteiger partial charge in [-0.1, -0.05) is 30.3 Å². The zero-order chi connectivity index (χ0) is 17.6. The Balaban J connectivity index is 2.03. The zero-order valence-electron chi connectivity index (χ0n) is 14.6. The molecule has 132 valence electrons. The number of thioether (sulfide) groups is 1. The lowest BCUT2D eigenvalue weighted by Crippen LogP contribution is -2.61. The van der Waals surface area contributed by atoms with Crippen molar-refractivity contribution in [2.24, 2.45) is 0 Å². The van der Waals surface area contributed by atoms with Crippen molar-refractivity contribution in [3.05, 3.63) is 35.9 Å². The highest BCUT2D eigenvalue weighted by atomic mass is 32.2. The highest BCUT2D eigenvalue weighted by Crippen LogP contribution is 2.28. The second-order valence-corrected chi connectivity index (χ2v) is 8.21. The normalized spacial score (nSPS) is 17.0. The van der Waals surface area contributed by atoms with Crippen LogP contribution in [-0.2, 0) is 16.1 Å². The van der Waals surface area contributed by atoms with Gasteiger partial charge in [0.1, 0.15) is 11.1 Å². The summed E-state index contributed by atoms with van der Waals surface area (Å²) in [6.45, 7) is 5.88. The molecule has 2 rings (SSSR count). The Hall–Kier alpha value is -1.69. The molecule has 0 atom stereocenters. The quantitative estimate of drug-likeness (QED) is 0.876. The highest BCUT2D eigenvalue weighted by molar-refractivity contribution is 7.99. The molecular weight excluding hydrogens is 324 g/mol. The topological polar surface area (TPSA) is 67.4 Å². The summed E-state index contributed by atoms with van der Waals surface area (Å²) in [5.74, 6) is 1.54. The van der Waals surface area contributed by atoms with Crippen molar-refractivity contribution in [2.45, 2.75) is 51.3 Å². The van der Waals surface area contributed by atoms with Gasteiger partial charge in [0.15, 0.2) is 0 Å². The van der Waals surface area contributed by atoms with Crippen LogP contribution >= 0.6 is 11.8 Å². The van der Waals surface area contributed by atoms with Gasteiger partial charge >= 0.3 is 6.09 Å². The van der Waals surface area contributed by atoms with Gasteiger partial charge in [-0.3, -0.25) is 4.79 Å². The Kier molecular flexibility index (Phi) is 6.15. The van der Waals surface area contributed by atoms with Crippen LogP contribution in [0.2, 0.25) is 0 Å². The molecule has 0 radical (unpaired) electrons. The summed E-state index contributed by atoms with van der Waals surface area (Å²) in [5, 5.41) is 5.80. The third kappa shape index (κ3) is 5.44. The van der Waals surface area contributed by atoms with Gasteiger partial charge in [0.05, 0.1) is 0 Å². The number of hydrogen-bond acceptors (Lipinski definition) is 4. The molecule has 1 aliphatic heterocycles. The molecule has 2 amide bonds. The second-order valence-electron chi connectivity index (χ2n) is 6.99. The van der Waals surface area contributed by atoms with E-state index in [1.807, 2.05) is 51.1 Å². The van der Waals surface area contributed by atoms with Gasteiger partial charge in [-0.25, -0.2) is 4.79 Å². The van der Waals surface area contributed by atoms with Crippen molar-refractivity contribution in [3.63, 3.8) is 0 Å². The average Bonchev–Trinajstić information content (AvgIpc) is 2.52. The van der Waals surface area contributed by atoms with Crippen LogP contribution in [-0.4, -0.2) is 34.6 Å². The summed E-state index contributed by atoms with van der Waals surface area (Å²) in [6.07, 6.45) is 0.680. The molecule has 0 bridgehead atoms. The number of hydrogen-bond donors (Lipinski definition) is 2. The molecule has 0 saturated carbocycles. The summed E-state index contributed by atoms with van der Waals surface area (Å²) in [4.78, 5) is 25.0. The van der Waals surface area contributed by atoms with E-state index < -0.39 is 17.2 Å². The first-order valence-corrected chi connectivity index (χ1v) is 9.37. The van der Waals surface area contributed by atoms with Crippen molar-refractivity contribution in [1.29, 1.82) is 0 Å². The molecule has 0 unspecified atom stereocenters. The fraction of sp³-hybridized carbons (Fsp3) is 0.556. The van der Waals surface area contributed by atoms with Gasteiger partial charge < -0.3 is 15.4 Å². The van der Waals surface area contributed by atoms with Crippen LogP contribution in [0.1, 0.15) is 39.2 Å². The molecule has 1 aromatic carbocycles. The molecule has 2 N–H and O–H groups in total. The van der Waals surface area contributed by atoms with Gasteiger partial charge in [-0.15, -0.1) is 0 Å². The maximum Gasteiger partial charge on any atom is 0.408 e. The molecular formula is C18H26N2O3S. The Labute approximate surface area is 147 Å². The van der Waals surface area contributed by atoms with Crippen LogP contribution in [0.15, 0.2) is 30.3 Å². The van der Waals surface area contributed by atoms with E-state index in [-0.39, 0.29) is 5.91 Å². The lowest BCUT2D eigenvalue weighted by Gasteiger charge is -2.36. The maximum atomic E-state index is 12.8. The number of nitrogens with one attached hydrogen (secondary N) is 2. The molecule has 0 spiro atoms. The molecule has 1 aromatic rings. The lowest BCUT2D eigenvalue weighted by molar-refractivity contribution is -0.128. The molecule has 6 heteroatoms. The highest BCUT2D eigenvalue weighted by Gasteiger charge is 2.42. The van der Waals surface area contributed by atoms with Gasteiger partial charge in [0.25, 0.3) is 0 Å². The summed E-state index contributed by atoms with van der Waals surface area (Å²) in [6, 6.07) is 9.74. The molecule has 1 saturated heterocycles. The number of benzene rings is 1. The fourth-order valence-electron chi connectivity index (χ4n) is 2.58. The zero-order valence-corrected chi connectivity index (χ0v) is 15.4. The number of amides is 2. The SMILES string of the molecule is CC(C)(C)OC(=O)NC1(C(=O)NCc2ccccc2)CCSCC1. The number of alkyl carbamates (subject to hydrolysis) is 1. The minimum Gasteiger partial charge on any atom is -0.444 e. The van der Waals surface area contributed by atoms with Crippen LogP contribution in [0.4, 0.5) is 4.79 Å². The molecule has 24 heavy (non-hydrogen) atoms. The summed E-state index contributed by atoms with van der Waals surface area (Å²) in [5.41, 5.74) is -0.444. The Morgan fingerprint density at radius 2 is 1.79 bits per heavy atom. The van der Waals surface area contributed by atoms with Crippen molar-refractivity contribution < 1.29 is 14.3 Å². The molecule has 5 nitrogen and oxygen atoms in total. The third-order valence-electron chi connectivity index (χ3n) is 3.82. The van der Waals surface area contributed by atoms with E-state index in [1.54, 1.807) is 11.8 Å². The van der Waals surface area contributed by atoms with E-state index in [9.17, 15) is 9.59 Å². The first-order valence-electron chi connectivity index (χ1n) is 8.22. The van der Waals surface area contributed by atoms with Gasteiger partial charge in [-0.05, 0) is 50.7 Å². The van der Waals surface area contributed by atoms with Crippen molar-refractivity contribution in [2.75, 3.05) is 11.5 Å². The number of rotatable bonds is 4. The molecule has 1 fully saturated rings. The number of carbonyl (C=O) groups excluding carboxylic acids is 2. The van der Waals surface area contributed by atoms with Gasteiger partial charge in [0.2, 0.25) is 5.91 Å².